The summed E-state index contributed by atoms with van der Waals surface area (Å²) in [6.45, 7) is 5.69. The first-order valence-corrected chi connectivity index (χ1v) is 11.9. The molecular weight excluding hydrogens is 390 g/mol. The van der Waals surface area contributed by atoms with E-state index < -0.39 is 5.60 Å². The predicted molar refractivity (Wildman–Crippen MR) is 117 cm³/mol. The van der Waals surface area contributed by atoms with Crippen LogP contribution < -0.4 is 0 Å². The van der Waals surface area contributed by atoms with Gasteiger partial charge in [-0.15, -0.1) is 0 Å². The van der Waals surface area contributed by atoms with E-state index in [1.807, 2.05) is 12.1 Å². The number of rotatable bonds is 5. The number of fused-ring (bicyclic) bond motifs is 1. The Kier molecular flexibility index (Phi) is 4.63. The van der Waals surface area contributed by atoms with Gasteiger partial charge in [-0.25, -0.2) is 0 Å². The number of hydrogen-bond acceptors (Lipinski definition) is 6. The molecule has 1 aromatic heterocycles. The molecule has 7 heteroatoms. The van der Waals surface area contributed by atoms with E-state index in [0.29, 0.717) is 5.75 Å². The van der Waals surface area contributed by atoms with Crippen LogP contribution in [0.15, 0.2) is 30.6 Å². The Morgan fingerprint density at radius 2 is 1.77 bits per heavy atom. The lowest BCUT2D eigenvalue weighted by Crippen LogP contribution is -2.71. The summed E-state index contributed by atoms with van der Waals surface area (Å²) >= 11 is 0. The second kappa shape index (κ2) is 7.29. The third-order valence-electron chi connectivity index (χ3n) is 8.61. The zero-order chi connectivity index (χ0) is 21.1. The van der Waals surface area contributed by atoms with E-state index in [1.165, 1.54) is 24.0 Å². The van der Waals surface area contributed by atoms with Crippen molar-refractivity contribution in [3.63, 3.8) is 0 Å². The fourth-order valence-electron chi connectivity index (χ4n) is 6.73. The number of aliphatic hydroxyl groups is 1. The highest BCUT2D eigenvalue weighted by Crippen LogP contribution is 2.56. The van der Waals surface area contributed by atoms with Crippen LogP contribution in [0.2, 0.25) is 0 Å². The first-order valence-electron chi connectivity index (χ1n) is 11.9. The van der Waals surface area contributed by atoms with Gasteiger partial charge in [0.2, 0.25) is 0 Å². The van der Waals surface area contributed by atoms with E-state index in [2.05, 4.69) is 26.1 Å². The molecule has 7 nitrogen and oxygen atoms in total. The number of hydrogen-bond donors (Lipinski definition) is 2. The highest BCUT2D eigenvalue weighted by Gasteiger charge is 2.63. The molecule has 2 bridgehead atoms. The van der Waals surface area contributed by atoms with E-state index in [-0.39, 0.29) is 11.5 Å². The monoisotopic (exact) mass is 423 g/mol. The molecule has 2 aromatic rings. The second-order valence-corrected chi connectivity index (χ2v) is 10.2. The van der Waals surface area contributed by atoms with Crippen molar-refractivity contribution < 1.29 is 10.2 Å². The van der Waals surface area contributed by atoms with Gasteiger partial charge in [-0.2, -0.15) is 15.0 Å². The van der Waals surface area contributed by atoms with Crippen LogP contribution in [-0.2, 0) is 18.4 Å². The molecule has 0 amide bonds. The van der Waals surface area contributed by atoms with Gasteiger partial charge in [-0.05, 0) is 80.8 Å². The lowest BCUT2D eigenvalue weighted by Gasteiger charge is -2.61. The van der Waals surface area contributed by atoms with Gasteiger partial charge in [-0.3, -0.25) is 4.90 Å². The largest absolute Gasteiger partial charge is 0.508 e. The molecule has 3 heterocycles. The van der Waals surface area contributed by atoms with Crippen LogP contribution in [0.3, 0.4) is 0 Å². The van der Waals surface area contributed by atoms with Crippen LogP contribution >= 0.6 is 0 Å². The summed E-state index contributed by atoms with van der Waals surface area (Å²) in [5.41, 5.74) is 1.50. The highest BCUT2D eigenvalue weighted by molar-refractivity contribution is 5.48. The average Bonchev–Trinajstić information content (AvgIpc) is 3.46. The maximum Gasteiger partial charge on any atom is 0.115 e. The van der Waals surface area contributed by atoms with Gasteiger partial charge in [0.1, 0.15) is 5.75 Å². The lowest BCUT2D eigenvalue weighted by atomic mass is 9.52. The zero-order valence-corrected chi connectivity index (χ0v) is 18.2. The number of phenolic OH excluding ortho intramolecular Hbond substituents is 1. The van der Waals surface area contributed by atoms with Crippen molar-refractivity contribution >= 4 is 0 Å². The van der Waals surface area contributed by atoms with Gasteiger partial charge < -0.3 is 15.1 Å². The van der Waals surface area contributed by atoms with Gasteiger partial charge in [0, 0.05) is 31.1 Å². The Bertz CT molecular complexity index is 945. The third kappa shape index (κ3) is 3.20. The molecule has 3 atom stereocenters. The van der Waals surface area contributed by atoms with Crippen molar-refractivity contribution in [2.24, 2.45) is 5.92 Å². The fraction of sp³-hybridized carbons (Fsp3) is 0.667. The smallest absolute Gasteiger partial charge is 0.115 e. The zero-order valence-electron chi connectivity index (χ0n) is 18.2. The number of likely N-dealkylation sites (tertiary alicyclic amines) is 2. The van der Waals surface area contributed by atoms with E-state index in [1.54, 1.807) is 17.2 Å². The molecule has 1 saturated carbocycles. The van der Waals surface area contributed by atoms with Crippen molar-refractivity contribution in [2.45, 2.75) is 62.1 Å². The van der Waals surface area contributed by atoms with E-state index >= 15 is 0 Å². The van der Waals surface area contributed by atoms with Gasteiger partial charge in [0.15, 0.2) is 0 Å². The molecule has 0 radical (unpaired) electrons. The Morgan fingerprint density at radius 1 is 1.00 bits per heavy atom. The van der Waals surface area contributed by atoms with Gasteiger partial charge in [-0.1, -0.05) is 6.07 Å². The number of nitrogens with zero attached hydrogens (tertiary/aromatic N) is 5. The predicted octanol–water partition coefficient (Wildman–Crippen LogP) is 1.79. The number of piperidine rings is 1. The SMILES string of the molecule is Oc1ccc2c(c1)[C@@]13CCN(CCn4nccn4)CC[C@@]1(O)[C@@H](C2)N(CC1CC1)CC3. The molecule has 6 rings (SSSR count). The Balaban J connectivity index is 1.33. The Morgan fingerprint density at radius 3 is 2.58 bits per heavy atom. The maximum atomic E-state index is 12.5. The minimum Gasteiger partial charge on any atom is -0.508 e. The molecule has 0 unspecified atom stereocenters. The summed E-state index contributed by atoms with van der Waals surface area (Å²) in [7, 11) is 0. The Labute approximate surface area is 183 Å². The normalized spacial score (nSPS) is 33.5. The molecule has 3 fully saturated rings. The van der Waals surface area contributed by atoms with Crippen LogP contribution in [0.25, 0.3) is 0 Å². The quantitative estimate of drug-likeness (QED) is 0.764. The number of aromatic hydroxyl groups is 1. The average molecular weight is 424 g/mol. The van der Waals surface area contributed by atoms with Gasteiger partial charge in [0.25, 0.3) is 0 Å². The van der Waals surface area contributed by atoms with Crippen LogP contribution in [0, 0.1) is 5.92 Å². The third-order valence-corrected chi connectivity index (χ3v) is 8.61. The number of aromatic nitrogens is 3. The van der Waals surface area contributed by atoms with Crippen molar-refractivity contribution in [2.75, 3.05) is 32.7 Å². The number of benzene rings is 1. The first-order chi connectivity index (χ1) is 15.1. The van der Waals surface area contributed by atoms with Crippen LogP contribution in [0.4, 0.5) is 0 Å². The summed E-state index contributed by atoms with van der Waals surface area (Å²) in [6, 6.07) is 6.05. The first kappa shape index (κ1) is 19.7. The van der Waals surface area contributed by atoms with Gasteiger partial charge >= 0.3 is 0 Å². The molecule has 1 aromatic carbocycles. The highest BCUT2D eigenvalue weighted by atomic mass is 16.3. The van der Waals surface area contributed by atoms with Crippen molar-refractivity contribution in [1.82, 2.24) is 24.8 Å². The van der Waals surface area contributed by atoms with Crippen LogP contribution in [0.5, 0.6) is 5.75 Å². The van der Waals surface area contributed by atoms with Gasteiger partial charge in [0.05, 0.1) is 24.5 Å². The van der Waals surface area contributed by atoms with Crippen molar-refractivity contribution in [3.05, 3.63) is 41.7 Å². The molecule has 2 aliphatic carbocycles. The summed E-state index contributed by atoms with van der Waals surface area (Å²) in [6.07, 6.45) is 9.69. The molecule has 2 aliphatic heterocycles. The van der Waals surface area contributed by atoms with E-state index in [4.69, 9.17) is 0 Å². The summed E-state index contributed by atoms with van der Waals surface area (Å²) in [5.74, 6) is 1.14. The minimum atomic E-state index is -0.750. The minimum absolute atomic E-state index is 0.173. The van der Waals surface area contributed by atoms with Crippen LogP contribution in [-0.4, -0.2) is 79.4 Å². The Hall–Kier alpha value is -1.96. The molecular formula is C24H33N5O2. The molecule has 31 heavy (non-hydrogen) atoms. The number of phenols is 1. The lowest BCUT2D eigenvalue weighted by molar-refractivity contribution is -0.149. The maximum absolute atomic E-state index is 12.5. The van der Waals surface area contributed by atoms with E-state index in [9.17, 15) is 10.2 Å². The molecule has 166 valence electrons. The summed E-state index contributed by atoms with van der Waals surface area (Å²) in [5, 5.41) is 31.3. The van der Waals surface area contributed by atoms with Crippen molar-refractivity contribution in [1.29, 1.82) is 0 Å². The summed E-state index contributed by atoms with van der Waals surface area (Å²) < 4.78 is 0. The topological polar surface area (TPSA) is 77.6 Å². The molecule has 2 N–H and O–H groups in total. The second-order valence-electron chi connectivity index (χ2n) is 10.2. The molecule has 4 aliphatic rings. The molecule has 2 saturated heterocycles. The molecule has 0 spiro atoms. The fourth-order valence-corrected chi connectivity index (χ4v) is 6.73. The van der Waals surface area contributed by atoms with Crippen molar-refractivity contribution in [3.8, 4) is 5.75 Å². The van der Waals surface area contributed by atoms with Crippen LogP contribution in [0.1, 0.15) is 43.2 Å². The standard InChI is InChI=1S/C24H33N5O2/c30-20-4-3-19-15-22-24(31)7-11-27(13-14-29-25-8-9-26-29)10-5-23(24,21(19)16-20)6-12-28(22)17-18-1-2-18/h3-4,8-9,16,18,22,30-31H,1-2,5-7,10-15,17H2/t22-,23+,24-/m1/s1. The van der Waals surface area contributed by atoms with E-state index in [0.717, 1.165) is 70.9 Å². The summed E-state index contributed by atoms with van der Waals surface area (Å²) in [4.78, 5) is 6.82.